The zero-order chi connectivity index (χ0) is 21.5. The fourth-order valence-electron chi connectivity index (χ4n) is 3.38. The van der Waals surface area contributed by atoms with Crippen LogP contribution in [0.3, 0.4) is 0 Å². The molecule has 3 rings (SSSR count). The summed E-state index contributed by atoms with van der Waals surface area (Å²) in [5.74, 6) is 0.589. The maximum atomic E-state index is 12.7. The summed E-state index contributed by atoms with van der Waals surface area (Å²) in [6.45, 7) is 4.02. The average molecular weight is 535 g/mol. The van der Waals surface area contributed by atoms with Gasteiger partial charge < -0.3 is 20.4 Å². The SMILES string of the molecule is CCNC(=NCc1ccc(C(=O)N(C)C)cc1)NCC(=O)N1CCc2ccccc21.I. The lowest BCUT2D eigenvalue weighted by Crippen LogP contribution is -2.44. The summed E-state index contributed by atoms with van der Waals surface area (Å²) in [5.41, 5.74) is 3.85. The van der Waals surface area contributed by atoms with E-state index < -0.39 is 0 Å². The van der Waals surface area contributed by atoms with Gasteiger partial charge in [-0.05, 0) is 42.7 Å². The molecule has 1 aliphatic rings. The Morgan fingerprint density at radius 1 is 1.06 bits per heavy atom. The number of carbonyl (C=O) groups excluding carboxylic acids is 2. The van der Waals surface area contributed by atoms with Crippen molar-refractivity contribution in [3.63, 3.8) is 0 Å². The van der Waals surface area contributed by atoms with E-state index in [9.17, 15) is 9.59 Å². The first-order valence-electron chi connectivity index (χ1n) is 10.2. The van der Waals surface area contributed by atoms with E-state index in [1.807, 2.05) is 54.3 Å². The van der Waals surface area contributed by atoms with Crippen LogP contribution in [0.15, 0.2) is 53.5 Å². The van der Waals surface area contributed by atoms with Crippen LogP contribution in [-0.4, -0.2) is 56.4 Å². The van der Waals surface area contributed by atoms with Gasteiger partial charge in [0.2, 0.25) is 5.91 Å². The van der Waals surface area contributed by atoms with Gasteiger partial charge in [0.15, 0.2) is 5.96 Å². The third kappa shape index (κ3) is 6.43. The van der Waals surface area contributed by atoms with E-state index in [1.54, 1.807) is 19.0 Å². The second-order valence-corrected chi connectivity index (χ2v) is 7.37. The Balaban J connectivity index is 0.00000341. The molecule has 2 amide bonds. The maximum absolute atomic E-state index is 12.7. The van der Waals surface area contributed by atoms with Gasteiger partial charge in [-0.2, -0.15) is 0 Å². The highest BCUT2D eigenvalue weighted by Gasteiger charge is 2.23. The molecule has 0 spiro atoms. The lowest BCUT2D eigenvalue weighted by Gasteiger charge is -2.18. The first kappa shape index (κ1) is 24.6. The topological polar surface area (TPSA) is 77.0 Å². The standard InChI is InChI=1S/C23H29N5O2.HI/c1-4-24-23(25-15-17-9-11-19(12-10-17)22(30)27(2)3)26-16-21(29)28-14-13-18-7-5-6-8-20(18)28;/h5-12H,4,13-16H2,1-3H3,(H2,24,25,26);1H. The molecule has 0 aliphatic carbocycles. The van der Waals surface area contributed by atoms with Gasteiger partial charge >= 0.3 is 0 Å². The Kier molecular flexibility index (Phi) is 9.29. The molecular weight excluding hydrogens is 505 g/mol. The molecule has 0 saturated heterocycles. The molecule has 7 nitrogen and oxygen atoms in total. The van der Waals surface area contributed by atoms with Crippen molar-refractivity contribution in [2.75, 3.05) is 38.6 Å². The van der Waals surface area contributed by atoms with Crippen molar-refractivity contribution in [3.05, 3.63) is 65.2 Å². The number of benzene rings is 2. The van der Waals surface area contributed by atoms with Gasteiger partial charge in [-0.15, -0.1) is 24.0 Å². The second-order valence-electron chi connectivity index (χ2n) is 7.37. The molecule has 8 heteroatoms. The number of fused-ring (bicyclic) bond motifs is 1. The fourth-order valence-corrected chi connectivity index (χ4v) is 3.38. The molecule has 0 fully saturated rings. The number of rotatable bonds is 6. The highest BCUT2D eigenvalue weighted by atomic mass is 127. The normalized spacial score (nSPS) is 12.6. The van der Waals surface area contributed by atoms with Crippen molar-refractivity contribution in [1.29, 1.82) is 0 Å². The van der Waals surface area contributed by atoms with Gasteiger partial charge in [-0.1, -0.05) is 30.3 Å². The summed E-state index contributed by atoms with van der Waals surface area (Å²) in [4.78, 5) is 32.6. The molecule has 0 unspecified atom stereocenters. The number of para-hydroxylation sites is 1. The number of nitrogens with zero attached hydrogens (tertiary/aromatic N) is 3. The number of carbonyl (C=O) groups is 2. The Morgan fingerprint density at radius 3 is 2.45 bits per heavy atom. The van der Waals surface area contributed by atoms with Crippen molar-refractivity contribution in [2.45, 2.75) is 19.9 Å². The number of hydrogen-bond donors (Lipinski definition) is 2. The molecule has 0 radical (unpaired) electrons. The molecule has 0 atom stereocenters. The van der Waals surface area contributed by atoms with Crippen LogP contribution in [0.4, 0.5) is 5.69 Å². The van der Waals surface area contributed by atoms with Crippen LogP contribution in [0.25, 0.3) is 0 Å². The summed E-state index contributed by atoms with van der Waals surface area (Å²) < 4.78 is 0. The van der Waals surface area contributed by atoms with Crippen molar-refractivity contribution in [3.8, 4) is 0 Å². The molecule has 1 heterocycles. The zero-order valence-electron chi connectivity index (χ0n) is 18.2. The first-order valence-corrected chi connectivity index (χ1v) is 10.2. The van der Waals surface area contributed by atoms with Gasteiger partial charge in [0.25, 0.3) is 5.91 Å². The van der Waals surface area contributed by atoms with Gasteiger partial charge in [0.1, 0.15) is 0 Å². The van der Waals surface area contributed by atoms with E-state index in [2.05, 4.69) is 21.7 Å². The third-order valence-corrected chi connectivity index (χ3v) is 4.97. The van der Waals surface area contributed by atoms with Crippen LogP contribution >= 0.6 is 24.0 Å². The molecule has 166 valence electrons. The van der Waals surface area contributed by atoms with E-state index in [0.717, 1.165) is 17.7 Å². The number of guanidine groups is 1. The Labute approximate surface area is 200 Å². The number of nitrogens with one attached hydrogen (secondary N) is 2. The quantitative estimate of drug-likeness (QED) is 0.339. The molecule has 2 aromatic rings. The number of aliphatic imine (C=N–C) groups is 1. The summed E-state index contributed by atoms with van der Waals surface area (Å²) >= 11 is 0. The molecule has 0 saturated carbocycles. The Morgan fingerprint density at radius 2 is 1.77 bits per heavy atom. The third-order valence-electron chi connectivity index (χ3n) is 4.97. The number of halogens is 1. The molecule has 0 bridgehead atoms. The van der Waals surface area contributed by atoms with Crippen molar-refractivity contribution >= 4 is 47.4 Å². The largest absolute Gasteiger partial charge is 0.357 e. The Hall–Kier alpha value is -2.62. The minimum Gasteiger partial charge on any atom is -0.357 e. The summed E-state index contributed by atoms with van der Waals surface area (Å²) in [6, 6.07) is 15.4. The summed E-state index contributed by atoms with van der Waals surface area (Å²) in [5, 5.41) is 6.30. The molecule has 1 aliphatic heterocycles. The summed E-state index contributed by atoms with van der Waals surface area (Å²) in [6.07, 6.45) is 0.891. The van der Waals surface area contributed by atoms with Gasteiger partial charge in [-0.3, -0.25) is 9.59 Å². The fraction of sp³-hybridized carbons (Fsp3) is 0.348. The predicted molar refractivity (Wildman–Crippen MR) is 135 cm³/mol. The lowest BCUT2D eigenvalue weighted by atomic mass is 10.1. The predicted octanol–water partition coefficient (Wildman–Crippen LogP) is 2.65. The smallest absolute Gasteiger partial charge is 0.253 e. The van der Waals surface area contributed by atoms with E-state index in [0.29, 0.717) is 31.2 Å². The molecule has 0 aromatic heterocycles. The first-order chi connectivity index (χ1) is 14.5. The van der Waals surface area contributed by atoms with Crippen molar-refractivity contribution < 1.29 is 9.59 Å². The van der Waals surface area contributed by atoms with E-state index >= 15 is 0 Å². The minimum absolute atomic E-state index is 0. The molecule has 2 aromatic carbocycles. The van der Waals surface area contributed by atoms with Crippen molar-refractivity contribution in [1.82, 2.24) is 15.5 Å². The van der Waals surface area contributed by atoms with Crippen molar-refractivity contribution in [2.24, 2.45) is 4.99 Å². The molecule has 31 heavy (non-hydrogen) atoms. The highest BCUT2D eigenvalue weighted by Crippen LogP contribution is 2.27. The average Bonchev–Trinajstić information content (AvgIpc) is 3.19. The molecule has 2 N–H and O–H groups in total. The maximum Gasteiger partial charge on any atom is 0.253 e. The van der Waals surface area contributed by atoms with Crippen LogP contribution in [-0.2, 0) is 17.8 Å². The van der Waals surface area contributed by atoms with Gasteiger partial charge in [0, 0.05) is 38.4 Å². The second kappa shape index (κ2) is 11.7. The van der Waals surface area contributed by atoms with Crippen LogP contribution in [0, 0.1) is 0 Å². The summed E-state index contributed by atoms with van der Waals surface area (Å²) in [7, 11) is 3.47. The lowest BCUT2D eigenvalue weighted by molar-refractivity contribution is -0.117. The van der Waals surface area contributed by atoms with E-state index in [-0.39, 0.29) is 42.3 Å². The zero-order valence-corrected chi connectivity index (χ0v) is 20.6. The van der Waals surface area contributed by atoms with E-state index in [4.69, 9.17) is 0 Å². The van der Waals surface area contributed by atoms with Crippen LogP contribution < -0.4 is 15.5 Å². The van der Waals surface area contributed by atoms with Gasteiger partial charge in [-0.25, -0.2) is 4.99 Å². The molecular formula is C23H30IN5O2. The number of hydrogen-bond acceptors (Lipinski definition) is 3. The number of amides is 2. The van der Waals surface area contributed by atoms with Gasteiger partial charge in [0.05, 0.1) is 13.1 Å². The monoisotopic (exact) mass is 535 g/mol. The highest BCUT2D eigenvalue weighted by molar-refractivity contribution is 14.0. The minimum atomic E-state index is -0.0259. The number of anilines is 1. The van der Waals surface area contributed by atoms with E-state index in [1.165, 1.54) is 5.56 Å². The van der Waals surface area contributed by atoms with Crippen LogP contribution in [0.1, 0.15) is 28.4 Å². The van der Waals surface area contributed by atoms with Crippen LogP contribution in [0.2, 0.25) is 0 Å². The Bertz CT molecular complexity index is 928. The van der Waals surface area contributed by atoms with Crippen LogP contribution in [0.5, 0.6) is 0 Å².